The molecule has 0 aliphatic rings. The maximum atomic E-state index is 13.8. The molecule has 0 saturated heterocycles. The number of benzene rings is 2. The summed E-state index contributed by atoms with van der Waals surface area (Å²) in [4.78, 5) is 24.8. The van der Waals surface area contributed by atoms with Crippen molar-refractivity contribution in [1.82, 2.24) is 9.06 Å². The van der Waals surface area contributed by atoms with E-state index in [9.17, 15) is 14.0 Å². The molecule has 0 atom stereocenters. The molecule has 0 aliphatic heterocycles. The summed E-state index contributed by atoms with van der Waals surface area (Å²) in [6.07, 6.45) is -0.0358. The number of ketones is 1. The van der Waals surface area contributed by atoms with Crippen molar-refractivity contribution in [2.45, 2.75) is 25.8 Å². The molecule has 0 aliphatic carbocycles. The zero-order chi connectivity index (χ0) is 19.5. The Bertz CT molecular complexity index is 812. The van der Waals surface area contributed by atoms with Crippen LogP contribution in [0.1, 0.15) is 41.0 Å². The van der Waals surface area contributed by atoms with Crippen LogP contribution in [0.2, 0.25) is 5.02 Å². The topological polar surface area (TPSA) is 40.6 Å². The van der Waals surface area contributed by atoms with E-state index in [0.29, 0.717) is 15.1 Å². The van der Waals surface area contributed by atoms with Crippen LogP contribution in [-0.2, 0) is 0 Å². The van der Waals surface area contributed by atoms with Gasteiger partial charge in [0, 0.05) is 40.6 Å². The normalized spacial score (nSPS) is 11.5. The predicted molar refractivity (Wildman–Crippen MR) is 101 cm³/mol. The van der Waals surface area contributed by atoms with Gasteiger partial charge < -0.3 is 0 Å². The third kappa shape index (κ3) is 4.74. The third-order valence-electron chi connectivity index (χ3n) is 3.68. The molecule has 2 aromatic carbocycles. The maximum absolute atomic E-state index is 13.8. The largest absolute Gasteiger partial charge is 0.294 e. The van der Waals surface area contributed by atoms with Gasteiger partial charge in [0.05, 0.1) is 11.1 Å². The van der Waals surface area contributed by atoms with Crippen LogP contribution in [-0.4, -0.2) is 26.3 Å². The second-order valence-electron chi connectivity index (χ2n) is 6.22. The van der Waals surface area contributed by atoms with E-state index >= 15 is 0 Å². The van der Waals surface area contributed by atoms with Gasteiger partial charge in [-0.2, -0.15) is 4.53 Å². The van der Waals surface area contributed by atoms with Crippen LogP contribution in [0.25, 0.3) is 0 Å². The Balaban J connectivity index is 2.14. The molecule has 0 unspecified atom stereocenters. The van der Waals surface area contributed by atoms with E-state index in [0.717, 1.165) is 10.6 Å². The van der Waals surface area contributed by atoms with Gasteiger partial charge in [-0.15, -0.1) is 4.53 Å². The summed E-state index contributed by atoms with van der Waals surface area (Å²) < 4.78 is 15.2. The number of rotatable bonds is 6. The highest BCUT2D eigenvalue weighted by atomic mass is 35.5. The van der Waals surface area contributed by atoms with E-state index in [1.165, 1.54) is 18.2 Å². The lowest BCUT2D eigenvalue weighted by molar-refractivity contribution is 0.0370. The van der Waals surface area contributed by atoms with Gasteiger partial charge in [-0.1, -0.05) is 23.7 Å². The van der Waals surface area contributed by atoms with Crippen LogP contribution < -0.4 is 0 Å². The molecule has 0 saturated carbocycles. The summed E-state index contributed by atoms with van der Waals surface area (Å²) in [5.41, 5.74) is -0.803. The zero-order valence-corrected chi connectivity index (χ0v) is 16.3. The first kappa shape index (κ1) is 20.6. The van der Waals surface area contributed by atoms with Crippen LogP contribution >= 0.6 is 35.2 Å². The van der Waals surface area contributed by atoms with E-state index in [4.69, 9.17) is 35.2 Å². The van der Waals surface area contributed by atoms with Gasteiger partial charge >= 0.3 is 0 Å². The fourth-order valence-corrected chi connectivity index (χ4v) is 2.80. The fourth-order valence-electron chi connectivity index (χ4n) is 2.25. The molecule has 0 N–H and O–H groups in total. The molecule has 0 bridgehead atoms. The number of halogens is 4. The van der Waals surface area contributed by atoms with E-state index in [-0.39, 0.29) is 17.8 Å². The summed E-state index contributed by atoms with van der Waals surface area (Å²) in [6.45, 7) is 3.27. The van der Waals surface area contributed by atoms with Crippen LogP contribution in [0.4, 0.5) is 4.39 Å². The van der Waals surface area contributed by atoms with E-state index in [1.54, 1.807) is 38.1 Å². The highest BCUT2D eigenvalue weighted by Gasteiger charge is 2.36. The molecular weight excluding hydrogens is 402 g/mol. The van der Waals surface area contributed by atoms with Crippen molar-refractivity contribution in [3.05, 3.63) is 70.5 Å². The molecule has 0 spiro atoms. The van der Waals surface area contributed by atoms with Crippen molar-refractivity contribution >= 4 is 46.8 Å². The SMILES string of the molecule is CC(C)(CC(=O)c1ccc(Cl)cc1)N(Cl)N(Cl)C(=O)c1ccccc1F. The van der Waals surface area contributed by atoms with Crippen molar-refractivity contribution in [2.75, 3.05) is 0 Å². The number of hydrogen-bond acceptors (Lipinski definition) is 3. The molecular formula is C18H16Cl3FN2O2. The molecule has 138 valence electrons. The Morgan fingerprint density at radius 2 is 1.62 bits per heavy atom. The standard InChI is InChI=1S/C18H16Cl3FN2O2/c1-18(2,11-16(25)12-7-9-13(19)10-8-12)24(21)23(20)17(26)14-5-3-4-6-15(14)22/h3-10H,11H2,1-2H3. The van der Waals surface area contributed by atoms with Crippen molar-refractivity contribution in [3.8, 4) is 0 Å². The quantitative estimate of drug-likeness (QED) is 0.354. The Morgan fingerprint density at radius 1 is 1.04 bits per heavy atom. The van der Waals surface area contributed by atoms with Crippen molar-refractivity contribution in [3.63, 3.8) is 0 Å². The van der Waals surface area contributed by atoms with Gasteiger partial charge in [-0.3, -0.25) is 9.59 Å². The first-order valence-electron chi connectivity index (χ1n) is 7.63. The Morgan fingerprint density at radius 3 is 2.19 bits per heavy atom. The van der Waals surface area contributed by atoms with Crippen LogP contribution in [0, 0.1) is 5.82 Å². The molecule has 2 rings (SSSR count). The minimum atomic E-state index is -1.03. The molecule has 0 aromatic heterocycles. The number of hydrogen-bond donors (Lipinski definition) is 0. The summed E-state index contributed by atoms with van der Waals surface area (Å²) >= 11 is 18.0. The van der Waals surface area contributed by atoms with Gasteiger partial charge in [-0.25, -0.2) is 4.39 Å². The summed E-state index contributed by atoms with van der Waals surface area (Å²) in [6, 6.07) is 11.8. The van der Waals surface area contributed by atoms with Gasteiger partial charge in [0.2, 0.25) is 0 Å². The predicted octanol–water partition coefficient (Wildman–Crippen LogP) is 5.50. The maximum Gasteiger partial charge on any atom is 0.287 e. The summed E-state index contributed by atoms with van der Waals surface area (Å²) in [5, 5.41) is 0.516. The second kappa shape index (κ2) is 8.35. The first-order chi connectivity index (χ1) is 12.1. The van der Waals surface area contributed by atoms with Crippen LogP contribution in [0.15, 0.2) is 48.5 Å². The number of amides is 1. The lowest BCUT2D eigenvalue weighted by atomic mass is 9.95. The summed E-state index contributed by atoms with van der Waals surface area (Å²) in [7, 11) is 0. The monoisotopic (exact) mass is 416 g/mol. The molecule has 4 nitrogen and oxygen atoms in total. The molecule has 0 heterocycles. The molecule has 1 amide bonds. The van der Waals surface area contributed by atoms with Gasteiger partial charge in [0.1, 0.15) is 5.82 Å². The minimum absolute atomic E-state index is 0.0358. The van der Waals surface area contributed by atoms with Crippen molar-refractivity contribution in [1.29, 1.82) is 0 Å². The Hall–Kier alpha value is -1.66. The highest BCUT2D eigenvalue weighted by Crippen LogP contribution is 2.28. The number of nitrogens with zero attached hydrogens (tertiary/aromatic N) is 2. The molecule has 8 heteroatoms. The number of Topliss-reactive ketones (excluding diaryl/α,β-unsaturated/α-hetero) is 1. The zero-order valence-electron chi connectivity index (χ0n) is 14.0. The van der Waals surface area contributed by atoms with Crippen molar-refractivity contribution in [2.24, 2.45) is 0 Å². The average molecular weight is 418 g/mol. The average Bonchev–Trinajstić information content (AvgIpc) is 2.60. The highest BCUT2D eigenvalue weighted by molar-refractivity contribution is 6.30. The van der Waals surface area contributed by atoms with E-state index in [1.807, 2.05) is 0 Å². The molecule has 2 aromatic rings. The molecule has 0 fully saturated rings. The molecule has 26 heavy (non-hydrogen) atoms. The number of carbonyl (C=O) groups excluding carboxylic acids is 2. The first-order valence-corrected chi connectivity index (χ1v) is 8.68. The lowest BCUT2D eigenvalue weighted by Crippen LogP contribution is -2.48. The van der Waals surface area contributed by atoms with E-state index < -0.39 is 17.3 Å². The number of carbonyl (C=O) groups is 2. The minimum Gasteiger partial charge on any atom is -0.294 e. The van der Waals surface area contributed by atoms with Gasteiger partial charge in [0.25, 0.3) is 5.91 Å². The van der Waals surface area contributed by atoms with E-state index in [2.05, 4.69) is 0 Å². The van der Waals surface area contributed by atoms with Gasteiger partial charge in [0.15, 0.2) is 5.78 Å². The smallest absolute Gasteiger partial charge is 0.287 e. The Kier molecular flexibility index (Phi) is 6.64. The third-order valence-corrected chi connectivity index (χ3v) is 4.93. The van der Waals surface area contributed by atoms with Gasteiger partial charge in [-0.05, 0) is 50.2 Å². The Labute approximate surface area is 166 Å². The van der Waals surface area contributed by atoms with Crippen LogP contribution in [0.5, 0.6) is 0 Å². The van der Waals surface area contributed by atoms with Crippen LogP contribution in [0.3, 0.4) is 0 Å². The number of hydrazine groups is 1. The molecule has 0 radical (unpaired) electrons. The lowest BCUT2D eigenvalue weighted by Gasteiger charge is -2.35. The summed E-state index contributed by atoms with van der Waals surface area (Å²) in [5.74, 6) is -1.77. The fraction of sp³-hybridized carbons (Fsp3) is 0.222. The second-order valence-corrected chi connectivity index (χ2v) is 7.30. The van der Waals surface area contributed by atoms with Crippen molar-refractivity contribution < 1.29 is 14.0 Å².